The molecule has 0 aromatic carbocycles. The molecule has 0 radical (unpaired) electrons. The number of imidazole rings is 1. The van der Waals surface area contributed by atoms with Gasteiger partial charge in [0.25, 0.3) is 0 Å². The third-order valence-corrected chi connectivity index (χ3v) is 3.61. The van der Waals surface area contributed by atoms with Crippen molar-refractivity contribution in [3.8, 4) is 11.5 Å². The van der Waals surface area contributed by atoms with Crippen LogP contribution in [0.15, 0.2) is 27.4 Å². The molecule has 2 aromatic rings. The maximum absolute atomic E-state index is 11.0. The number of furan rings is 1. The molecule has 1 unspecified atom stereocenters. The molecule has 94 valence electrons. The normalized spacial score (nSPS) is 18.6. The molecule has 0 amide bonds. The first-order chi connectivity index (χ1) is 8.63. The highest BCUT2D eigenvalue weighted by molar-refractivity contribution is 9.10. The minimum absolute atomic E-state index is 0.323. The van der Waals surface area contributed by atoms with Crippen LogP contribution in [0.2, 0.25) is 0 Å². The lowest BCUT2D eigenvalue weighted by Gasteiger charge is -2.19. The largest absolute Gasteiger partial charge is 0.481 e. The molecule has 5 nitrogen and oxygen atoms in total. The van der Waals surface area contributed by atoms with Crippen molar-refractivity contribution in [2.45, 2.75) is 19.4 Å². The molecule has 3 heterocycles. The second-order valence-electron chi connectivity index (χ2n) is 4.37. The number of nitrogens with zero attached hydrogens (tertiary/aromatic N) is 2. The minimum atomic E-state index is -0.744. The maximum atomic E-state index is 11.0. The van der Waals surface area contributed by atoms with Crippen molar-refractivity contribution >= 4 is 21.9 Å². The van der Waals surface area contributed by atoms with Gasteiger partial charge >= 0.3 is 5.97 Å². The van der Waals surface area contributed by atoms with E-state index in [0.717, 1.165) is 11.5 Å². The van der Waals surface area contributed by atoms with Gasteiger partial charge in [0, 0.05) is 19.2 Å². The average Bonchev–Trinajstić information content (AvgIpc) is 2.93. The van der Waals surface area contributed by atoms with E-state index in [1.165, 1.54) is 0 Å². The highest BCUT2D eigenvalue weighted by Gasteiger charge is 2.26. The van der Waals surface area contributed by atoms with Crippen molar-refractivity contribution in [3.63, 3.8) is 0 Å². The van der Waals surface area contributed by atoms with Crippen LogP contribution in [0.3, 0.4) is 0 Å². The highest BCUT2D eigenvalue weighted by Crippen LogP contribution is 2.27. The van der Waals surface area contributed by atoms with Gasteiger partial charge in [0.2, 0.25) is 0 Å². The van der Waals surface area contributed by atoms with Crippen LogP contribution in [0.4, 0.5) is 0 Å². The molecule has 0 aliphatic carbocycles. The lowest BCUT2D eigenvalue weighted by atomic mass is 9.98. The number of hydrogen-bond acceptors (Lipinski definition) is 3. The number of aromatic nitrogens is 2. The van der Waals surface area contributed by atoms with Crippen molar-refractivity contribution < 1.29 is 14.3 Å². The number of aryl methyl sites for hydroxylation is 1. The first kappa shape index (κ1) is 11.5. The van der Waals surface area contributed by atoms with E-state index >= 15 is 0 Å². The molecular formula is C12H11BrN2O3. The molecule has 1 aliphatic heterocycles. The number of halogens is 1. The third kappa shape index (κ3) is 1.96. The molecule has 0 fully saturated rings. The van der Waals surface area contributed by atoms with E-state index < -0.39 is 5.97 Å². The number of carboxylic acid groups (broad SMARTS) is 1. The second kappa shape index (κ2) is 4.28. The quantitative estimate of drug-likeness (QED) is 0.925. The molecule has 0 bridgehead atoms. The van der Waals surface area contributed by atoms with Gasteiger partial charge < -0.3 is 14.1 Å². The van der Waals surface area contributed by atoms with Crippen LogP contribution < -0.4 is 0 Å². The Morgan fingerprint density at radius 2 is 2.39 bits per heavy atom. The van der Waals surface area contributed by atoms with Crippen LogP contribution in [-0.2, 0) is 17.8 Å². The van der Waals surface area contributed by atoms with Crippen LogP contribution in [0.25, 0.3) is 11.5 Å². The summed E-state index contributed by atoms with van der Waals surface area (Å²) in [6, 6.07) is 3.65. The second-order valence-corrected chi connectivity index (χ2v) is 5.15. The van der Waals surface area contributed by atoms with Gasteiger partial charge in [-0.25, -0.2) is 4.98 Å². The van der Waals surface area contributed by atoms with E-state index in [1.807, 2.05) is 22.9 Å². The van der Waals surface area contributed by atoms with E-state index in [2.05, 4.69) is 20.9 Å². The molecule has 1 aliphatic rings. The van der Waals surface area contributed by atoms with Crippen molar-refractivity contribution in [3.05, 3.63) is 28.8 Å². The smallest absolute Gasteiger partial charge is 0.307 e. The van der Waals surface area contributed by atoms with Crippen molar-refractivity contribution in [1.29, 1.82) is 0 Å². The van der Waals surface area contributed by atoms with Gasteiger partial charge in [-0.1, -0.05) is 0 Å². The fraction of sp³-hybridized carbons (Fsp3) is 0.333. The lowest BCUT2D eigenvalue weighted by Crippen LogP contribution is -2.25. The number of carbonyl (C=O) groups is 1. The summed E-state index contributed by atoms with van der Waals surface area (Å²) >= 11 is 3.25. The number of rotatable bonds is 2. The molecule has 0 saturated carbocycles. The Kier molecular flexibility index (Phi) is 2.74. The Bertz CT molecular complexity index is 602. The standard InChI is InChI=1S/C12H11BrN2O3/c13-10-2-1-9(18-10)8-6-15-4-3-7(12(16)17)5-11(15)14-8/h1-2,6-7H,3-5H2,(H,16,17). The van der Waals surface area contributed by atoms with Gasteiger partial charge in [0.1, 0.15) is 11.5 Å². The fourth-order valence-electron chi connectivity index (χ4n) is 2.21. The van der Waals surface area contributed by atoms with Gasteiger partial charge in [-0.05, 0) is 34.5 Å². The first-order valence-corrected chi connectivity index (χ1v) is 6.47. The van der Waals surface area contributed by atoms with Crippen LogP contribution in [-0.4, -0.2) is 20.6 Å². The summed E-state index contributed by atoms with van der Waals surface area (Å²) in [4.78, 5) is 15.4. The van der Waals surface area contributed by atoms with E-state index in [9.17, 15) is 4.79 Å². The average molecular weight is 311 g/mol. The Labute approximate surface area is 112 Å². The molecule has 0 saturated heterocycles. The number of carboxylic acids is 1. The zero-order chi connectivity index (χ0) is 12.7. The van der Waals surface area contributed by atoms with Crippen LogP contribution in [0.1, 0.15) is 12.2 Å². The SMILES string of the molecule is O=C(O)C1CCn2cc(-c3ccc(Br)o3)nc2C1. The minimum Gasteiger partial charge on any atom is -0.481 e. The van der Waals surface area contributed by atoms with E-state index in [-0.39, 0.29) is 5.92 Å². The molecule has 0 spiro atoms. The Balaban J connectivity index is 1.91. The number of aliphatic carboxylic acids is 1. The zero-order valence-corrected chi connectivity index (χ0v) is 11.1. The molecule has 2 aromatic heterocycles. The van der Waals surface area contributed by atoms with Crippen LogP contribution in [0, 0.1) is 5.92 Å². The summed E-state index contributed by atoms with van der Waals surface area (Å²) in [6.45, 7) is 0.696. The van der Waals surface area contributed by atoms with Gasteiger partial charge in [-0.2, -0.15) is 0 Å². The predicted molar refractivity (Wildman–Crippen MR) is 67.1 cm³/mol. The summed E-state index contributed by atoms with van der Waals surface area (Å²) in [7, 11) is 0. The van der Waals surface area contributed by atoms with E-state index in [0.29, 0.717) is 29.8 Å². The third-order valence-electron chi connectivity index (χ3n) is 3.18. The first-order valence-electron chi connectivity index (χ1n) is 5.68. The van der Waals surface area contributed by atoms with Gasteiger partial charge in [0.15, 0.2) is 10.4 Å². The summed E-state index contributed by atoms with van der Waals surface area (Å²) < 4.78 is 8.11. The van der Waals surface area contributed by atoms with Crippen LogP contribution >= 0.6 is 15.9 Å². The van der Waals surface area contributed by atoms with Crippen molar-refractivity contribution in [2.24, 2.45) is 5.92 Å². The fourth-order valence-corrected chi connectivity index (χ4v) is 2.52. The van der Waals surface area contributed by atoms with Crippen molar-refractivity contribution in [2.75, 3.05) is 0 Å². The van der Waals surface area contributed by atoms with Crippen molar-refractivity contribution in [1.82, 2.24) is 9.55 Å². The molecule has 1 N–H and O–H groups in total. The monoisotopic (exact) mass is 310 g/mol. The predicted octanol–water partition coefficient (Wildman–Crippen LogP) is 2.55. The molecular weight excluding hydrogens is 300 g/mol. The Hall–Kier alpha value is -1.56. The van der Waals surface area contributed by atoms with E-state index in [4.69, 9.17) is 9.52 Å². The van der Waals surface area contributed by atoms with Gasteiger partial charge in [-0.15, -0.1) is 0 Å². The summed E-state index contributed by atoms with van der Waals surface area (Å²) in [5, 5.41) is 9.03. The summed E-state index contributed by atoms with van der Waals surface area (Å²) in [5.41, 5.74) is 0.752. The summed E-state index contributed by atoms with van der Waals surface area (Å²) in [6.07, 6.45) is 3.05. The highest BCUT2D eigenvalue weighted by atomic mass is 79.9. The number of fused-ring (bicyclic) bond motifs is 1. The Morgan fingerprint density at radius 3 is 3.06 bits per heavy atom. The topological polar surface area (TPSA) is 68.3 Å². The molecule has 6 heteroatoms. The van der Waals surface area contributed by atoms with Gasteiger partial charge in [-0.3, -0.25) is 4.79 Å². The lowest BCUT2D eigenvalue weighted by molar-refractivity contribution is -0.142. The summed E-state index contributed by atoms with van der Waals surface area (Å²) in [5.74, 6) is 0.439. The zero-order valence-electron chi connectivity index (χ0n) is 9.47. The van der Waals surface area contributed by atoms with Gasteiger partial charge in [0.05, 0.1) is 5.92 Å². The van der Waals surface area contributed by atoms with Crippen LogP contribution in [0.5, 0.6) is 0 Å². The molecule has 18 heavy (non-hydrogen) atoms. The number of hydrogen-bond donors (Lipinski definition) is 1. The molecule has 1 atom stereocenters. The molecule has 3 rings (SSSR count). The van der Waals surface area contributed by atoms with E-state index in [1.54, 1.807) is 0 Å². The Morgan fingerprint density at radius 1 is 1.56 bits per heavy atom. The maximum Gasteiger partial charge on any atom is 0.307 e.